The summed E-state index contributed by atoms with van der Waals surface area (Å²) >= 11 is 0. The summed E-state index contributed by atoms with van der Waals surface area (Å²) in [7, 11) is 1.38. The van der Waals surface area contributed by atoms with Crippen molar-refractivity contribution in [3.05, 3.63) is 29.8 Å². The molecule has 0 fully saturated rings. The summed E-state index contributed by atoms with van der Waals surface area (Å²) in [6, 6.07) is 6.28. The molecule has 1 rings (SSSR count). The van der Waals surface area contributed by atoms with Crippen LogP contribution >= 0.6 is 0 Å². The Morgan fingerprint density at radius 1 is 1.26 bits per heavy atom. The first-order valence-electron chi connectivity index (χ1n) is 5.50. The number of esters is 1. The van der Waals surface area contributed by atoms with Crippen molar-refractivity contribution in [1.82, 2.24) is 0 Å². The molecule has 0 heterocycles. The molecule has 0 bridgehead atoms. The Morgan fingerprint density at radius 3 is 2.42 bits per heavy atom. The molecule has 0 aliphatic heterocycles. The van der Waals surface area contributed by atoms with Crippen molar-refractivity contribution in [1.29, 1.82) is 0 Å². The smallest absolute Gasteiger partial charge is 0.317 e. The van der Waals surface area contributed by atoms with Crippen LogP contribution in [-0.2, 0) is 14.3 Å². The lowest BCUT2D eigenvalue weighted by atomic mass is 9.97. The number of Topliss-reactive ketones (excluding diaryl/α,β-unsaturated/α-hetero) is 1. The van der Waals surface area contributed by atoms with Gasteiger partial charge in [-0.1, -0.05) is 12.1 Å². The Hall–Kier alpha value is -2.37. The zero-order valence-corrected chi connectivity index (χ0v) is 10.6. The van der Waals surface area contributed by atoms with Gasteiger partial charge in [-0.3, -0.25) is 14.4 Å². The van der Waals surface area contributed by atoms with Gasteiger partial charge in [-0.05, 0) is 12.1 Å². The van der Waals surface area contributed by atoms with Crippen LogP contribution in [0.3, 0.4) is 0 Å². The Kier molecular flexibility index (Phi) is 5.05. The molecular formula is C13H14O6. The molecule has 1 aromatic rings. The van der Waals surface area contributed by atoms with Crippen LogP contribution in [-0.4, -0.2) is 36.5 Å². The van der Waals surface area contributed by atoms with Crippen molar-refractivity contribution in [2.24, 2.45) is 5.92 Å². The fraction of sp³-hybridized carbons (Fsp3) is 0.308. The van der Waals surface area contributed by atoms with Crippen molar-refractivity contribution in [2.75, 3.05) is 13.7 Å². The van der Waals surface area contributed by atoms with Crippen molar-refractivity contribution >= 4 is 17.7 Å². The molecule has 0 aromatic heterocycles. The van der Waals surface area contributed by atoms with Gasteiger partial charge in [-0.2, -0.15) is 0 Å². The number of rotatable bonds is 6. The van der Waals surface area contributed by atoms with Gasteiger partial charge in [0, 0.05) is 6.92 Å². The lowest BCUT2D eigenvalue weighted by Gasteiger charge is -2.13. The van der Waals surface area contributed by atoms with E-state index < -0.39 is 30.2 Å². The molecule has 0 aliphatic rings. The Bertz CT molecular complexity index is 494. The normalized spacial score (nSPS) is 11.5. The second-order valence-electron chi connectivity index (χ2n) is 3.76. The molecule has 1 atom stereocenters. The lowest BCUT2D eigenvalue weighted by Crippen LogP contribution is -2.29. The number of hydrogen-bond acceptors (Lipinski definition) is 5. The van der Waals surface area contributed by atoms with Crippen LogP contribution in [0.1, 0.15) is 17.3 Å². The maximum atomic E-state index is 12.1. The van der Waals surface area contributed by atoms with E-state index in [0.29, 0.717) is 0 Å². The number of hydrogen-bond donors (Lipinski definition) is 1. The Morgan fingerprint density at radius 2 is 1.89 bits per heavy atom. The molecule has 0 radical (unpaired) electrons. The SMILES string of the molecule is COc1ccccc1C(=O)C(COC(C)=O)C(=O)O. The number of carboxylic acids is 1. The van der Waals surface area contributed by atoms with E-state index in [-0.39, 0.29) is 11.3 Å². The standard InChI is InChI=1S/C13H14O6/c1-8(14)19-7-10(13(16)17)12(15)9-5-3-4-6-11(9)18-2/h3-6,10H,7H2,1-2H3,(H,16,17). The predicted molar refractivity (Wildman–Crippen MR) is 65.1 cm³/mol. The summed E-state index contributed by atoms with van der Waals surface area (Å²) in [5, 5.41) is 9.03. The van der Waals surface area contributed by atoms with E-state index >= 15 is 0 Å². The number of carbonyl (C=O) groups is 3. The van der Waals surface area contributed by atoms with Crippen molar-refractivity contribution in [3.63, 3.8) is 0 Å². The van der Waals surface area contributed by atoms with E-state index in [1.54, 1.807) is 18.2 Å². The van der Waals surface area contributed by atoms with Gasteiger partial charge in [-0.15, -0.1) is 0 Å². The largest absolute Gasteiger partial charge is 0.496 e. The average Bonchev–Trinajstić information content (AvgIpc) is 2.37. The summed E-state index contributed by atoms with van der Waals surface area (Å²) in [6.45, 7) is 0.647. The van der Waals surface area contributed by atoms with Crippen LogP contribution in [0.5, 0.6) is 5.75 Å². The minimum absolute atomic E-state index is 0.143. The molecule has 1 N–H and O–H groups in total. The highest BCUT2D eigenvalue weighted by Gasteiger charge is 2.30. The van der Waals surface area contributed by atoms with Crippen LogP contribution in [0.2, 0.25) is 0 Å². The maximum Gasteiger partial charge on any atom is 0.317 e. The summed E-state index contributed by atoms with van der Waals surface area (Å²) in [5.74, 6) is -3.82. The molecular weight excluding hydrogens is 252 g/mol. The van der Waals surface area contributed by atoms with Crippen LogP contribution in [0.15, 0.2) is 24.3 Å². The number of para-hydroxylation sites is 1. The summed E-state index contributed by atoms with van der Waals surface area (Å²) in [6.07, 6.45) is 0. The molecule has 6 heteroatoms. The molecule has 1 unspecified atom stereocenters. The molecule has 0 amide bonds. The second-order valence-corrected chi connectivity index (χ2v) is 3.76. The van der Waals surface area contributed by atoms with Crippen molar-refractivity contribution in [3.8, 4) is 5.75 Å². The van der Waals surface area contributed by atoms with Gasteiger partial charge in [0.25, 0.3) is 0 Å². The minimum Gasteiger partial charge on any atom is -0.496 e. The fourth-order valence-electron chi connectivity index (χ4n) is 1.50. The van der Waals surface area contributed by atoms with Crippen molar-refractivity contribution < 1.29 is 29.0 Å². The van der Waals surface area contributed by atoms with Crippen LogP contribution < -0.4 is 4.74 Å². The molecule has 0 saturated carbocycles. The fourth-order valence-corrected chi connectivity index (χ4v) is 1.50. The third kappa shape index (κ3) is 3.80. The van der Waals surface area contributed by atoms with E-state index in [2.05, 4.69) is 4.74 Å². The van der Waals surface area contributed by atoms with E-state index in [1.165, 1.54) is 13.2 Å². The number of ether oxygens (including phenoxy) is 2. The van der Waals surface area contributed by atoms with E-state index in [0.717, 1.165) is 6.92 Å². The van der Waals surface area contributed by atoms with Crippen LogP contribution in [0.25, 0.3) is 0 Å². The number of carbonyl (C=O) groups excluding carboxylic acids is 2. The van der Waals surface area contributed by atoms with E-state index in [4.69, 9.17) is 9.84 Å². The molecule has 0 saturated heterocycles. The third-order valence-electron chi connectivity index (χ3n) is 2.44. The summed E-state index contributed by atoms with van der Waals surface area (Å²) in [4.78, 5) is 33.9. The third-order valence-corrected chi connectivity index (χ3v) is 2.44. The second kappa shape index (κ2) is 6.53. The molecule has 0 spiro atoms. The number of carboxylic acid groups (broad SMARTS) is 1. The zero-order chi connectivity index (χ0) is 14.4. The summed E-state index contributed by atoms with van der Waals surface area (Å²) in [5.41, 5.74) is 0.143. The highest BCUT2D eigenvalue weighted by molar-refractivity contribution is 6.09. The van der Waals surface area contributed by atoms with Gasteiger partial charge >= 0.3 is 11.9 Å². The van der Waals surface area contributed by atoms with E-state index in [1.807, 2.05) is 0 Å². The maximum absolute atomic E-state index is 12.1. The predicted octanol–water partition coefficient (Wildman–Crippen LogP) is 1.14. The molecule has 102 valence electrons. The van der Waals surface area contributed by atoms with Gasteiger partial charge in [0.2, 0.25) is 0 Å². The van der Waals surface area contributed by atoms with E-state index in [9.17, 15) is 14.4 Å². The Labute approximate surface area is 109 Å². The number of methoxy groups -OCH3 is 1. The average molecular weight is 266 g/mol. The first kappa shape index (κ1) is 14.7. The summed E-state index contributed by atoms with van der Waals surface area (Å²) < 4.78 is 9.60. The quantitative estimate of drug-likeness (QED) is 0.472. The van der Waals surface area contributed by atoms with Gasteiger partial charge < -0.3 is 14.6 Å². The molecule has 19 heavy (non-hydrogen) atoms. The lowest BCUT2D eigenvalue weighted by molar-refractivity contribution is -0.147. The number of benzene rings is 1. The topological polar surface area (TPSA) is 89.9 Å². The van der Waals surface area contributed by atoms with Gasteiger partial charge in [0.15, 0.2) is 11.7 Å². The zero-order valence-electron chi connectivity index (χ0n) is 10.6. The first-order valence-corrected chi connectivity index (χ1v) is 5.50. The van der Waals surface area contributed by atoms with Crippen LogP contribution in [0.4, 0.5) is 0 Å². The monoisotopic (exact) mass is 266 g/mol. The molecule has 0 aliphatic carbocycles. The van der Waals surface area contributed by atoms with Crippen molar-refractivity contribution in [2.45, 2.75) is 6.92 Å². The molecule has 6 nitrogen and oxygen atoms in total. The number of aliphatic carboxylic acids is 1. The molecule has 1 aromatic carbocycles. The van der Waals surface area contributed by atoms with Gasteiger partial charge in [-0.25, -0.2) is 0 Å². The first-order chi connectivity index (χ1) is 8.97. The Balaban J connectivity index is 2.99. The highest BCUT2D eigenvalue weighted by atomic mass is 16.5. The number of ketones is 1. The highest BCUT2D eigenvalue weighted by Crippen LogP contribution is 2.21. The van der Waals surface area contributed by atoms with Gasteiger partial charge in [0.05, 0.1) is 12.7 Å². The van der Waals surface area contributed by atoms with Gasteiger partial charge in [0.1, 0.15) is 12.4 Å². The van der Waals surface area contributed by atoms with Crippen LogP contribution in [0, 0.1) is 5.92 Å². The minimum atomic E-state index is -1.44.